The van der Waals surface area contributed by atoms with Gasteiger partial charge in [0, 0.05) is 0 Å². The van der Waals surface area contributed by atoms with E-state index in [0.717, 1.165) is 0 Å². The van der Waals surface area contributed by atoms with Crippen molar-refractivity contribution in [2.45, 2.75) is 184 Å². The zero-order chi connectivity index (χ0) is 60.7. The highest BCUT2D eigenvalue weighted by Gasteiger charge is 2.56. The molecular formula is C41H71N2O38P. The lowest BCUT2D eigenvalue weighted by Gasteiger charge is -2.48. The molecule has 478 valence electrons. The molecule has 6 saturated heterocycles. The summed E-state index contributed by atoms with van der Waals surface area (Å²) in [5.41, 5.74) is 0. The fourth-order valence-electron chi connectivity index (χ4n) is 9.15. The second-order valence-electron chi connectivity index (χ2n) is 19.5. The number of ketones is 1. The predicted octanol–water partition coefficient (Wildman–Crippen LogP) is -14.9. The van der Waals surface area contributed by atoms with Crippen molar-refractivity contribution in [3.05, 3.63) is 0 Å². The van der Waals surface area contributed by atoms with Gasteiger partial charge in [-0.1, -0.05) is 0 Å². The Labute approximate surface area is 461 Å². The molecule has 0 bridgehead atoms. The number of carbonyl (C=O) groups excluding carboxylic acids is 2. The molecule has 6 heterocycles. The Bertz CT molecular complexity index is 2030. The molecule has 0 aliphatic carbocycles. The zero-order valence-electron chi connectivity index (χ0n) is 42.5. The summed E-state index contributed by atoms with van der Waals surface area (Å²) < 4.78 is 83.2. The molecular weight excluding hydrogens is 1160 g/mol. The van der Waals surface area contributed by atoms with Crippen molar-refractivity contribution in [2.24, 2.45) is 5.90 Å². The summed E-state index contributed by atoms with van der Waals surface area (Å²) >= 11 is 0. The molecule has 30 atom stereocenters. The molecule has 6 rings (SSSR count). The lowest BCUT2D eigenvalue weighted by molar-refractivity contribution is -0.391. The highest BCUT2D eigenvalue weighted by Crippen LogP contribution is 2.39. The van der Waals surface area contributed by atoms with Crippen LogP contribution in [0, 0.1) is 0 Å². The van der Waals surface area contributed by atoms with Gasteiger partial charge in [-0.25, -0.2) is 15.3 Å². The number of Topliss-reactive ketones (excluding diaryl/α,β-unsaturated/α-hetero) is 1. The Morgan fingerprint density at radius 1 is 0.427 bits per heavy atom. The number of phosphoric ester groups is 1. The number of hydrogen-bond donors (Lipinski definition) is 22. The maximum absolute atomic E-state index is 12.7. The number of hydrogen-bond acceptors (Lipinski definition) is 37. The van der Waals surface area contributed by atoms with Crippen LogP contribution in [0.1, 0.15) is 0 Å². The van der Waals surface area contributed by atoms with Crippen LogP contribution in [0.5, 0.6) is 0 Å². The molecule has 0 aromatic heterocycles. The van der Waals surface area contributed by atoms with Gasteiger partial charge in [0.2, 0.25) is 5.91 Å². The molecule has 0 radical (unpaired) electrons. The number of rotatable bonds is 26. The molecule has 6 aliphatic rings. The Morgan fingerprint density at radius 2 is 0.817 bits per heavy atom. The van der Waals surface area contributed by atoms with E-state index in [2.05, 4.69) is 19.6 Å². The Hall–Kier alpha value is -2.07. The third-order valence-electron chi connectivity index (χ3n) is 13.8. The van der Waals surface area contributed by atoms with E-state index in [1.54, 1.807) is 0 Å². The summed E-state index contributed by atoms with van der Waals surface area (Å²) in [4.78, 5) is 51.2. The van der Waals surface area contributed by atoms with Crippen molar-refractivity contribution in [3.63, 3.8) is 0 Å². The van der Waals surface area contributed by atoms with Crippen molar-refractivity contribution < 1.29 is 187 Å². The van der Waals surface area contributed by atoms with E-state index in [0.29, 0.717) is 0 Å². The number of carbonyl (C=O) groups is 2. The molecule has 23 N–H and O–H groups in total. The summed E-state index contributed by atoms with van der Waals surface area (Å²) in [6.07, 6.45) is -61.0. The van der Waals surface area contributed by atoms with Gasteiger partial charge >= 0.3 is 7.82 Å². The first-order valence-corrected chi connectivity index (χ1v) is 26.4. The van der Waals surface area contributed by atoms with Crippen LogP contribution in [0.15, 0.2) is 0 Å². The van der Waals surface area contributed by atoms with Gasteiger partial charge in [-0.3, -0.25) is 24.2 Å². The minimum atomic E-state index is -5.24. The van der Waals surface area contributed by atoms with Crippen molar-refractivity contribution in [1.82, 2.24) is 5.32 Å². The Balaban J connectivity index is 1.21. The first-order valence-electron chi connectivity index (χ1n) is 24.9. The molecule has 6 fully saturated rings. The summed E-state index contributed by atoms with van der Waals surface area (Å²) in [5, 5.41) is 194. The van der Waals surface area contributed by atoms with E-state index in [1.165, 1.54) is 0 Å². The SMILES string of the molecule is NOCC(=O)CNC(=O)CO[C@@H]1OC(CO[C@H]2OC(CO[C@H]3OC(CO)[C@@H](O)[C@H](O)C3O[C@@H]3OC(COO)[C@@H](O)[C@H](O)C3O)[C@@H](O)[C@H](O)C2O)[C@@H](O)[C@H](O[C@H]2OC(CO)[C@@H](O)[C@H](O)C2O[C@H]2OC(COP(=O)(O)O)[C@@H](O)[C@H](O)C2O)C1O. The third-order valence-corrected chi connectivity index (χ3v) is 14.3. The normalized spacial score (nSPS) is 45.9. The molecule has 0 spiro atoms. The first kappa shape index (κ1) is 69.0. The zero-order valence-corrected chi connectivity index (χ0v) is 43.4. The van der Waals surface area contributed by atoms with Crippen molar-refractivity contribution in [3.8, 4) is 0 Å². The maximum atomic E-state index is 12.7. The summed E-state index contributed by atoms with van der Waals surface area (Å²) in [6, 6.07) is 0. The van der Waals surface area contributed by atoms with Gasteiger partial charge in [0.25, 0.3) is 0 Å². The molecule has 12 unspecified atom stereocenters. The van der Waals surface area contributed by atoms with Crippen LogP contribution in [0.25, 0.3) is 0 Å². The number of phosphoric acid groups is 1. The summed E-state index contributed by atoms with van der Waals surface area (Å²) in [7, 11) is -5.24. The van der Waals surface area contributed by atoms with Gasteiger partial charge in [0.05, 0.1) is 39.6 Å². The maximum Gasteiger partial charge on any atom is 0.469 e. The second-order valence-corrected chi connectivity index (χ2v) is 20.7. The minimum absolute atomic E-state index is 0.611. The second kappa shape index (κ2) is 30.7. The number of aliphatic hydroxyl groups excluding tert-OH is 17. The topological polar surface area (TPSA) is 632 Å². The lowest BCUT2D eigenvalue weighted by atomic mass is 9.96. The smallest absolute Gasteiger partial charge is 0.394 e. The highest BCUT2D eigenvalue weighted by molar-refractivity contribution is 7.46. The fraction of sp³-hybridized carbons (Fsp3) is 0.951. The molecule has 40 nitrogen and oxygen atoms in total. The molecule has 6 aliphatic heterocycles. The minimum Gasteiger partial charge on any atom is -0.394 e. The van der Waals surface area contributed by atoms with Crippen LogP contribution < -0.4 is 11.2 Å². The number of amides is 1. The molecule has 0 aromatic carbocycles. The monoisotopic (exact) mass is 1230 g/mol. The van der Waals surface area contributed by atoms with Crippen LogP contribution >= 0.6 is 7.82 Å². The molecule has 0 saturated carbocycles. The summed E-state index contributed by atoms with van der Waals surface area (Å²) in [6.45, 7) is -8.13. The van der Waals surface area contributed by atoms with Crippen molar-refractivity contribution >= 4 is 19.5 Å². The average molecular weight is 1230 g/mol. The van der Waals surface area contributed by atoms with Crippen molar-refractivity contribution in [2.75, 3.05) is 59.4 Å². The fourth-order valence-corrected chi connectivity index (χ4v) is 9.49. The van der Waals surface area contributed by atoms with Gasteiger partial charge in [-0.05, 0) is 0 Å². The van der Waals surface area contributed by atoms with Gasteiger partial charge in [0.1, 0.15) is 166 Å². The quantitative estimate of drug-likeness (QED) is 0.0217. The number of nitrogens with two attached hydrogens (primary N) is 1. The van der Waals surface area contributed by atoms with Crippen LogP contribution in [0.4, 0.5) is 0 Å². The van der Waals surface area contributed by atoms with Crippen LogP contribution in [0.3, 0.4) is 0 Å². The largest absolute Gasteiger partial charge is 0.469 e. The van der Waals surface area contributed by atoms with Gasteiger partial charge in [-0.15, -0.1) is 0 Å². The van der Waals surface area contributed by atoms with Gasteiger partial charge < -0.3 is 159 Å². The predicted molar refractivity (Wildman–Crippen MR) is 243 cm³/mol. The number of aliphatic hydroxyl groups is 17. The lowest BCUT2D eigenvalue weighted by Crippen LogP contribution is -2.67. The van der Waals surface area contributed by atoms with Gasteiger partial charge in [-0.2, -0.15) is 0 Å². The molecule has 41 heteroatoms. The van der Waals surface area contributed by atoms with Crippen LogP contribution in [0.2, 0.25) is 0 Å². The molecule has 82 heavy (non-hydrogen) atoms. The van der Waals surface area contributed by atoms with E-state index < -0.39 is 263 Å². The standard InChI is InChI=1S/C41H71N2O38P/c42-70-4-10(46)1-43-17(47)9-69-37-32(62)33(79-41-35(28(58)19(49)12(3-45)74-41)81-39-31(61)26(56)22(52)16(78-39)8-72-82(64,65)66)23(53)14(76-37)6-67-36-29(59)24(54)20(50)13(75-36)5-68-40-34(27(57)18(48)11(2-44)73-40)80-38-30(60)25(55)21(51)15(77-38)7-71-63/h11-16,18-41,44-45,48-63H,1-9,42H2,(H,43,47)(H2,64,65,66)/t11?,12?,13?,14?,15?,16?,18-,19-,20-,21-,22-,23-,24+,25+,26+,27+,28+,29?,30?,31?,32?,33+,34?,35?,36+,37-,38+,39-,40+,41-/m1/s1. The van der Waals surface area contributed by atoms with Crippen LogP contribution in [-0.4, -0.2) is 357 Å². The molecule has 0 aromatic rings. The summed E-state index contributed by atoms with van der Waals surface area (Å²) in [5.74, 6) is 3.15. The molecule has 1 amide bonds. The highest BCUT2D eigenvalue weighted by atomic mass is 31.2. The van der Waals surface area contributed by atoms with E-state index >= 15 is 0 Å². The van der Waals surface area contributed by atoms with E-state index in [4.69, 9.17) is 68.0 Å². The third kappa shape index (κ3) is 16.8. The Kier molecular flexibility index (Phi) is 25.9. The number of ether oxygens (including phenoxy) is 12. The van der Waals surface area contributed by atoms with Crippen molar-refractivity contribution in [1.29, 1.82) is 0 Å². The van der Waals surface area contributed by atoms with E-state index in [1.807, 2.05) is 0 Å². The van der Waals surface area contributed by atoms with E-state index in [-0.39, 0.29) is 0 Å². The van der Waals surface area contributed by atoms with E-state index in [9.17, 15) is 111 Å². The average Bonchev–Trinajstić information content (AvgIpc) is 3.44. The first-order chi connectivity index (χ1) is 38.7. The van der Waals surface area contributed by atoms with Crippen LogP contribution in [-0.2, 0) is 85.2 Å². The number of nitrogens with one attached hydrogen (secondary N) is 1. The van der Waals surface area contributed by atoms with Gasteiger partial charge in [0.15, 0.2) is 43.5 Å². The Morgan fingerprint density at radius 3 is 1.30 bits per heavy atom.